The molecular weight excluding hydrogens is 314 g/mol. The number of rotatable bonds is 8. The molecule has 104 valence electrons. The fourth-order valence-electron chi connectivity index (χ4n) is 1.66. The molecule has 0 unspecified atom stereocenters. The van der Waals surface area contributed by atoms with Gasteiger partial charge in [-0.1, -0.05) is 0 Å². The predicted octanol–water partition coefficient (Wildman–Crippen LogP) is 2.98. The van der Waals surface area contributed by atoms with Crippen molar-refractivity contribution in [1.82, 2.24) is 4.98 Å². The summed E-state index contributed by atoms with van der Waals surface area (Å²) < 4.78 is 6.10. The first-order chi connectivity index (χ1) is 9.18. The van der Waals surface area contributed by atoms with Crippen LogP contribution in [0.5, 0.6) is 0 Å². The number of aromatic nitrogens is 1. The van der Waals surface area contributed by atoms with E-state index >= 15 is 0 Å². The molecule has 7 heteroatoms. The minimum atomic E-state index is -0.441. The Balaban J connectivity index is 1.76. The van der Waals surface area contributed by atoms with Crippen LogP contribution < -0.4 is 5.32 Å². The van der Waals surface area contributed by atoms with Crippen LogP contribution in [0.25, 0.3) is 0 Å². The second-order valence-corrected chi connectivity index (χ2v) is 5.43. The first-order valence-electron chi connectivity index (χ1n) is 6.28. The lowest BCUT2D eigenvalue weighted by Crippen LogP contribution is -2.09. The maximum atomic E-state index is 10.9. The number of halogens is 1. The molecule has 1 aromatic heterocycles. The fourth-order valence-corrected chi connectivity index (χ4v) is 2.12. The third-order valence-corrected chi connectivity index (χ3v) is 3.50. The van der Waals surface area contributed by atoms with Crippen LogP contribution in [0.3, 0.4) is 0 Å². The summed E-state index contributed by atoms with van der Waals surface area (Å²) in [6, 6.07) is 0. The van der Waals surface area contributed by atoms with E-state index in [1.165, 1.54) is 19.0 Å². The molecule has 1 fully saturated rings. The van der Waals surface area contributed by atoms with E-state index < -0.39 is 4.92 Å². The zero-order valence-electron chi connectivity index (χ0n) is 10.5. The molecule has 1 N–H and O–H groups in total. The first-order valence-corrected chi connectivity index (χ1v) is 7.07. The van der Waals surface area contributed by atoms with Gasteiger partial charge in [0.2, 0.25) is 0 Å². The van der Waals surface area contributed by atoms with Crippen molar-refractivity contribution in [3.63, 3.8) is 0 Å². The van der Waals surface area contributed by atoms with Gasteiger partial charge in [0.05, 0.1) is 9.40 Å². The summed E-state index contributed by atoms with van der Waals surface area (Å²) in [5.41, 5.74) is 0.454. The molecule has 0 aliphatic heterocycles. The van der Waals surface area contributed by atoms with Crippen molar-refractivity contribution >= 4 is 27.3 Å². The number of nitro groups is 1. The monoisotopic (exact) mass is 329 g/mol. The standard InChI is InChI=1S/C12H16BrN3O3/c13-10-6-14-7-11(16(17)18)12(10)15-4-1-5-19-8-9-2-3-9/h6-7,9H,1-5,8H2,(H,14,15). The Bertz CT molecular complexity index is 452. The molecule has 2 rings (SSSR count). The van der Waals surface area contributed by atoms with Gasteiger partial charge in [-0.3, -0.25) is 15.1 Å². The molecule has 0 atom stereocenters. The van der Waals surface area contributed by atoms with Crippen LogP contribution in [-0.2, 0) is 4.74 Å². The molecule has 6 nitrogen and oxygen atoms in total. The third-order valence-electron chi connectivity index (χ3n) is 2.89. The molecule has 1 aliphatic carbocycles. The van der Waals surface area contributed by atoms with Crippen molar-refractivity contribution in [2.45, 2.75) is 19.3 Å². The van der Waals surface area contributed by atoms with Crippen molar-refractivity contribution in [2.75, 3.05) is 25.1 Å². The van der Waals surface area contributed by atoms with Gasteiger partial charge in [0.1, 0.15) is 11.9 Å². The van der Waals surface area contributed by atoms with Gasteiger partial charge >= 0.3 is 5.69 Å². The Kier molecular flexibility index (Phi) is 5.09. The van der Waals surface area contributed by atoms with Crippen LogP contribution in [0.2, 0.25) is 0 Å². The number of pyridine rings is 1. The SMILES string of the molecule is O=[N+]([O-])c1cncc(Br)c1NCCCOCC1CC1. The Morgan fingerprint density at radius 3 is 3.00 bits per heavy atom. The first kappa shape index (κ1) is 14.2. The number of hydrogen-bond acceptors (Lipinski definition) is 5. The summed E-state index contributed by atoms with van der Waals surface area (Å²) in [6.07, 6.45) is 6.18. The van der Waals surface area contributed by atoms with Crippen LogP contribution in [-0.4, -0.2) is 29.7 Å². The molecule has 1 aromatic rings. The summed E-state index contributed by atoms with van der Waals surface area (Å²) >= 11 is 3.26. The number of ether oxygens (including phenoxy) is 1. The quantitative estimate of drug-likeness (QED) is 0.450. The van der Waals surface area contributed by atoms with Gasteiger partial charge in [-0.25, -0.2) is 0 Å². The molecule has 0 radical (unpaired) electrons. The van der Waals surface area contributed by atoms with Gasteiger partial charge in [0.15, 0.2) is 0 Å². The average Bonchev–Trinajstić information content (AvgIpc) is 3.18. The largest absolute Gasteiger partial charge is 0.381 e. The fraction of sp³-hybridized carbons (Fsp3) is 0.583. The van der Waals surface area contributed by atoms with E-state index in [0.29, 0.717) is 23.3 Å². The Morgan fingerprint density at radius 2 is 2.32 bits per heavy atom. The van der Waals surface area contributed by atoms with Crippen LogP contribution in [0.1, 0.15) is 19.3 Å². The molecule has 0 bridgehead atoms. The van der Waals surface area contributed by atoms with Crippen molar-refractivity contribution in [1.29, 1.82) is 0 Å². The van der Waals surface area contributed by atoms with Crippen LogP contribution in [0, 0.1) is 16.0 Å². The summed E-state index contributed by atoms with van der Waals surface area (Å²) in [6.45, 7) is 2.16. The zero-order chi connectivity index (χ0) is 13.7. The topological polar surface area (TPSA) is 77.3 Å². The maximum Gasteiger partial charge on any atom is 0.311 e. The van der Waals surface area contributed by atoms with E-state index in [0.717, 1.165) is 18.9 Å². The Labute approximate surface area is 119 Å². The van der Waals surface area contributed by atoms with Gasteiger partial charge < -0.3 is 10.1 Å². The number of anilines is 1. The molecule has 1 heterocycles. The van der Waals surface area contributed by atoms with Crippen molar-refractivity contribution in [2.24, 2.45) is 5.92 Å². The van der Waals surface area contributed by atoms with Crippen LogP contribution >= 0.6 is 15.9 Å². The summed E-state index contributed by atoms with van der Waals surface area (Å²) in [5, 5.41) is 13.9. The second-order valence-electron chi connectivity index (χ2n) is 4.57. The molecule has 0 aromatic carbocycles. The highest BCUT2D eigenvalue weighted by Gasteiger charge is 2.21. The van der Waals surface area contributed by atoms with Crippen molar-refractivity contribution in [3.8, 4) is 0 Å². The molecule has 19 heavy (non-hydrogen) atoms. The van der Waals surface area contributed by atoms with Gasteiger partial charge in [-0.15, -0.1) is 0 Å². The summed E-state index contributed by atoms with van der Waals surface area (Å²) in [4.78, 5) is 14.2. The zero-order valence-corrected chi connectivity index (χ0v) is 12.1. The Morgan fingerprint density at radius 1 is 1.53 bits per heavy atom. The average molecular weight is 330 g/mol. The van der Waals surface area contributed by atoms with Crippen LogP contribution in [0.15, 0.2) is 16.9 Å². The van der Waals surface area contributed by atoms with E-state index in [-0.39, 0.29) is 5.69 Å². The molecule has 1 aliphatic rings. The third kappa shape index (κ3) is 4.43. The summed E-state index contributed by atoms with van der Waals surface area (Å²) in [7, 11) is 0. The lowest BCUT2D eigenvalue weighted by atomic mass is 10.3. The smallest absolute Gasteiger partial charge is 0.311 e. The van der Waals surface area contributed by atoms with Gasteiger partial charge in [-0.2, -0.15) is 0 Å². The maximum absolute atomic E-state index is 10.9. The van der Waals surface area contributed by atoms with E-state index in [2.05, 4.69) is 26.2 Å². The van der Waals surface area contributed by atoms with Gasteiger partial charge in [0, 0.05) is 26.0 Å². The number of nitrogens with zero attached hydrogens (tertiary/aromatic N) is 2. The summed E-state index contributed by atoms with van der Waals surface area (Å²) in [5.74, 6) is 0.767. The highest BCUT2D eigenvalue weighted by Crippen LogP contribution is 2.31. The van der Waals surface area contributed by atoms with Gasteiger partial charge in [0.25, 0.3) is 0 Å². The molecule has 0 saturated heterocycles. The highest BCUT2D eigenvalue weighted by atomic mass is 79.9. The van der Waals surface area contributed by atoms with Gasteiger partial charge in [-0.05, 0) is 41.1 Å². The van der Waals surface area contributed by atoms with E-state index in [1.54, 1.807) is 6.20 Å². The van der Waals surface area contributed by atoms with E-state index in [4.69, 9.17) is 4.74 Å². The van der Waals surface area contributed by atoms with E-state index in [9.17, 15) is 10.1 Å². The predicted molar refractivity (Wildman–Crippen MR) is 75.2 cm³/mol. The van der Waals surface area contributed by atoms with Crippen molar-refractivity contribution in [3.05, 3.63) is 27.0 Å². The minimum absolute atomic E-state index is 0.0201. The van der Waals surface area contributed by atoms with Crippen LogP contribution in [0.4, 0.5) is 11.4 Å². The van der Waals surface area contributed by atoms with E-state index in [1.807, 2.05) is 0 Å². The molecule has 0 amide bonds. The molecular formula is C12H16BrN3O3. The molecule has 0 spiro atoms. The normalized spacial score (nSPS) is 14.4. The Hall–Kier alpha value is -1.21. The lowest BCUT2D eigenvalue weighted by Gasteiger charge is -2.08. The second kappa shape index (κ2) is 6.81. The van der Waals surface area contributed by atoms with Crippen molar-refractivity contribution < 1.29 is 9.66 Å². The lowest BCUT2D eigenvalue weighted by molar-refractivity contribution is -0.384. The minimum Gasteiger partial charge on any atom is -0.381 e. The number of hydrogen-bond donors (Lipinski definition) is 1. The molecule has 1 saturated carbocycles. The highest BCUT2D eigenvalue weighted by molar-refractivity contribution is 9.10. The number of nitrogens with one attached hydrogen (secondary N) is 1.